The van der Waals surface area contributed by atoms with Crippen LogP contribution in [0.5, 0.6) is 0 Å². The van der Waals surface area contributed by atoms with E-state index in [-0.39, 0.29) is 5.41 Å². The van der Waals surface area contributed by atoms with E-state index in [4.69, 9.17) is 0 Å². The Morgan fingerprint density at radius 1 is 1.36 bits per heavy atom. The third-order valence-corrected chi connectivity index (χ3v) is 1.61. The quantitative estimate of drug-likeness (QED) is 0.506. The normalized spacial score (nSPS) is 20.7. The Bertz CT molecular complexity index is 242. The number of allylic oxidation sites excluding steroid dienone is 5. The zero-order chi connectivity index (χ0) is 8.32. The van der Waals surface area contributed by atoms with Crippen LogP contribution in [0.25, 0.3) is 0 Å². The van der Waals surface area contributed by atoms with Gasteiger partial charge in [-0.25, -0.2) is 0 Å². The lowest BCUT2D eigenvalue weighted by Crippen LogP contribution is -2.01. The van der Waals surface area contributed by atoms with E-state index in [0.29, 0.717) is 0 Å². The molecule has 0 heterocycles. The van der Waals surface area contributed by atoms with Crippen molar-refractivity contribution in [2.75, 3.05) is 0 Å². The van der Waals surface area contributed by atoms with Gasteiger partial charge in [-0.1, -0.05) is 32.1 Å². The van der Waals surface area contributed by atoms with Gasteiger partial charge in [-0.05, 0) is 18.9 Å². The fourth-order valence-corrected chi connectivity index (χ4v) is 1.03. The van der Waals surface area contributed by atoms with Crippen molar-refractivity contribution in [2.45, 2.75) is 13.8 Å². The third-order valence-electron chi connectivity index (χ3n) is 1.61. The van der Waals surface area contributed by atoms with E-state index in [9.17, 15) is 0 Å². The Kier molecular flexibility index (Phi) is 2.08. The van der Waals surface area contributed by atoms with Crippen molar-refractivity contribution in [1.82, 2.24) is 0 Å². The SMILES string of the molecule is C=NC1=CC(C)(C)C=CC=C1. The Labute approximate surface area is 67.8 Å². The minimum Gasteiger partial charge on any atom is -0.265 e. The van der Waals surface area contributed by atoms with Crippen LogP contribution >= 0.6 is 0 Å². The van der Waals surface area contributed by atoms with E-state index in [1.54, 1.807) is 0 Å². The van der Waals surface area contributed by atoms with Crippen molar-refractivity contribution in [2.24, 2.45) is 10.4 Å². The molecule has 0 spiro atoms. The summed E-state index contributed by atoms with van der Waals surface area (Å²) in [6.07, 6.45) is 10.2. The molecule has 11 heavy (non-hydrogen) atoms. The van der Waals surface area contributed by atoms with E-state index in [1.165, 1.54) is 0 Å². The molecular formula is C10H13N. The Balaban J connectivity index is 2.99. The summed E-state index contributed by atoms with van der Waals surface area (Å²) < 4.78 is 0. The molecule has 0 unspecified atom stereocenters. The molecule has 1 heteroatoms. The highest BCUT2D eigenvalue weighted by atomic mass is 14.7. The summed E-state index contributed by atoms with van der Waals surface area (Å²) in [5.41, 5.74) is 1.04. The lowest BCUT2D eigenvalue weighted by atomic mass is 9.93. The second-order valence-electron chi connectivity index (χ2n) is 3.27. The molecule has 0 aliphatic heterocycles. The Morgan fingerprint density at radius 3 is 2.73 bits per heavy atom. The second-order valence-corrected chi connectivity index (χ2v) is 3.27. The first-order valence-corrected chi connectivity index (χ1v) is 3.69. The minimum absolute atomic E-state index is 0.0972. The average molecular weight is 147 g/mol. The predicted molar refractivity (Wildman–Crippen MR) is 49.7 cm³/mol. The van der Waals surface area contributed by atoms with E-state index in [1.807, 2.05) is 18.2 Å². The Morgan fingerprint density at radius 2 is 2.09 bits per heavy atom. The molecule has 0 aromatic heterocycles. The van der Waals surface area contributed by atoms with Gasteiger partial charge in [0.2, 0.25) is 0 Å². The number of rotatable bonds is 1. The molecule has 58 valence electrons. The van der Waals surface area contributed by atoms with Crippen molar-refractivity contribution in [1.29, 1.82) is 0 Å². The standard InChI is InChI=1S/C10H13N/c1-10(2)7-5-4-6-9(8-10)11-3/h4-8H,3H2,1-2H3. The van der Waals surface area contributed by atoms with Gasteiger partial charge in [-0.2, -0.15) is 0 Å². The summed E-state index contributed by atoms with van der Waals surface area (Å²) in [6, 6.07) is 0. The van der Waals surface area contributed by atoms with Gasteiger partial charge in [-0.15, -0.1) is 0 Å². The second kappa shape index (κ2) is 2.87. The number of nitrogens with zero attached hydrogens (tertiary/aromatic N) is 1. The zero-order valence-electron chi connectivity index (χ0n) is 7.04. The van der Waals surface area contributed by atoms with Crippen LogP contribution in [0.15, 0.2) is 41.1 Å². The van der Waals surface area contributed by atoms with Crippen LogP contribution in [-0.4, -0.2) is 6.72 Å². The van der Waals surface area contributed by atoms with Crippen LogP contribution < -0.4 is 0 Å². The van der Waals surface area contributed by atoms with E-state index < -0.39 is 0 Å². The molecule has 0 radical (unpaired) electrons. The summed E-state index contributed by atoms with van der Waals surface area (Å²) >= 11 is 0. The molecule has 1 nitrogen and oxygen atoms in total. The van der Waals surface area contributed by atoms with Crippen LogP contribution in [-0.2, 0) is 0 Å². The van der Waals surface area contributed by atoms with Gasteiger partial charge in [0.25, 0.3) is 0 Å². The van der Waals surface area contributed by atoms with Gasteiger partial charge in [-0.3, -0.25) is 4.99 Å². The average Bonchev–Trinajstić information content (AvgIpc) is 2.10. The summed E-state index contributed by atoms with van der Waals surface area (Å²) in [5, 5.41) is 0. The first kappa shape index (κ1) is 7.99. The van der Waals surface area contributed by atoms with Crippen molar-refractivity contribution in [3.63, 3.8) is 0 Å². The van der Waals surface area contributed by atoms with Crippen molar-refractivity contribution < 1.29 is 0 Å². The largest absolute Gasteiger partial charge is 0.265 e. The topological polar surface area (TPSA) is 12.4 Å². The summed E-state index contributed by atoms with van der Waals surface area (Å²) in [4.78, 5) is 3.89. The van der Waals surface area contributed by atoms with Crippen LogP contribution in [0.2, 0.25) is 0 Å². The van der Waals surface area contributed by atoms with Gasteiger partial charge in [0, 0.05) is 5.41 Å². The van der Waals surface area contributed by atoms with Crippen molar-refractivity contribution >= 4 is 6.72 Å². The summed E-state index contributed by atoms with van der Waals surface area (Å²) in [6.45, 7) is 7.78. The number of hydrogen-bond acceptors (Lipinski definition) is 1. The fourth-order valence-electron chi connectivity index (χ4n) is 1.03. The molecule has 0 N–H and O–H groups in total. The van der Waals surface area contributed by atoms with E-state index in [2.05, 4.69) is 37.7 Å². The van der Waals surface area contributed by atoms with Gasteiger partial charge >= 0.3 is 0 Å². The molecule has 1 aliphatic rings. The predicted octanol–water partition coefficient (Wildman–Crippen LogP) is 2.72. The van der Waals surface area contributed by atoms with Gasteiger partial charge < -0.3 is 0 Å². The zero-order valence-corrected chi connectivity index (χ0v) is 7.04. The Hall–Kier alpha value is -1.11. The molecule has 0 aromatic carbocycles. The van der Waals surface area contributed by atoms with Gasteiger partial charge in [0.15, 0.2) is 0 Å². The fraction of sp³-hybridized carbons (Fsp3) is 0.300. The molecular weight excluding hydrogens is 134 g/mol. The van der Waals surface area contributed by atoms with Gasteiger partial charge in [0.05, 0.1) is 5.70 Å². The molecule has 0 aromatic rings. The monoisotopic (exact) mass is 147 g/mol. The smallest absolute Gasteiger partial charge is 0.0591 e. The van der Waals surface area contributed by atoms with Crippen molar-refractivity contribution in [3.8, 4) is 0 Å². The third kappa shape index (κ3) is 2.19. The highest BCUT2D eigenvalue weighted by molar-refractivity contribution is 5.37. The molecule has 0 bridgehead atoms. The first-order valence-electron chi connectivity index (χ1n) is 3.69. The molecule has 0 fully saturated rings. The lowest BCUT2D eigenvalue weighted by molar-refractivity contribution is 0.623. The summed E-state index contributed by atoms with van der Waals surface area (Å²) in [7, 11) is 0. The molecule has 0 amide bonds. The van der Waals surface area contributed by atoms with E-state index in [0.717, 1.165) is 5.70 Å². The molecule has 1 aliphatic carbocycles. The molecule has 0 saturated heterocycles. The van der Waals surface area contributed by atoms with Gasteiger partial charge in [0.1, 0.15) is 0 Å². The first-order chi connectivity index (χ1) is 5.14. The van der Waals surface area contributed by atoms with Crippen LogP contribution in [0.4, 0.5) is 0 Å². The molecule has 1 rings (SSSR count). The van der Waals surface area contributed by atoms with Crippen LogP contribution in [0.3, 0.4) is 0 Å². The maximum Gasteiger partial charge on any atom is 0.0591 e. The van der Waals surface area contributed by atoms with E-state index >= 15 is 0 Å². The lowest BCUT2D eigenvalue weighted by Gasteiger charge is -2.13. The summed E-state index contributed by atoms with van der Waals surface area (Å²) in [5.74, 6) is 0. The minimum atomic E-state index is 0.0972. The van der Waals surface area contributed by atoms with Crippen LogP contribution in [0, 0.1) is 5.41 Å². The van der Waals surface area contributed by atoms with Crippen molar-refractivity contribution in [3.05, 3.63) is 36.1 Å². The maximum atomic E-state index is 3.89. The maximum absolute atomic E-state index is 3.89. The number of aliphatic imine (C=N–C) groups is 1. The molecule has 0 saturated carbocycles. The number of hydrogen-bond donors (Lipinski definition) is 0. The highest BCUT2D eigenvalue weighted by Crippen LogP contribution is 2.23. The van der Waals surface area contributed by atoms with Crippen LogP contribution in [0.1, 0.15) is 13.8 Å². The highest BCUT2D eigenvalue weighted by Gasteiger charge is 2.11. The molecule has 0 atom stereocenters.